The molecule has 0 aliphatic rings. The molecule has 3 nitrogen and oxygen atoms in total. The van der Waals surface area contributed by atoms with Gasteiger partial charge in [0.05, 0.1) is 12.2 Å². The highest BCUT2D eigenvalue weighted by atomic mass is 35.5. The van der Waals surface area contributed by atoms with Gasteiger partial charge in [0.25, 0.3) is 0 Å². The van der Waals surface area contributed by atoms with Crippen molar-refractivity contribution >= 4 is 17.6 Å². The number of hydrogen-bond acceptors (Lipinski definition) is 2. The highest BCUT2D eigenvalue weighted by Gasteiger charge is 2.06. The largest absolute Gasteiger partial charge is 0.478 e. The van der Waals surface area contributed by atoms with Crippen LogP contribution < -0.4 is 0 Å². The van der Waals surface area contributed by atoms with Gasteiger partial charge in [-0.25, -0.2) is 4.79 Å². The van der Waals surface area contributed by atoms with Crippen molar-refractivity contribution in [2.45, 2.75) is 13.5 Å². The second kappa shape index (κ2) is 4.98. The van der Waals surface area contributed by atoms with Crippen LogP contribution in [0.15, 0.2) is 18.2 Å². The maximum Gasteiger partial charge on any atom is 0.335 e. The quantitative estimate of drug-likeness (QED) is 0.838. The third-order valence-corrected chi connectivity index (χ3v) is 2.11. The molecule has 0 atom stereocenters. The fourth-order valence-corrected chi connectivity index (χ4v) is 1.24. The first kappa shape index (κ1) is 11.0. The van der Waals surface area contributed by atoms with Crippen LogP contribution in [-0.2, 0) is 11.3 Å². The molecular weight excluding hydrogens is 204 g/mol. The predicted octanol–water partition coefficient (Wildman–Crippen LogP) is 2.57. The fourth-order valence-electron chi connectivity index (χ4n) is 1.01. The number of carboxylic acids is 1. The summed E-state index contributed by atoms with van der Waals surface area (Å²) < 4.78 is 5.17. The van der Waals surface area contributed by atoms with Gasteiger partial charge in [-0.3, -0.25) is 0 Å². The Morgan fingerprint density at radius 1 is 1.57 bits per heavy atom. The fraction of sp³-hybridized carbons (Fsp3) is 0.300. The Kier molecular flexibility index (Phi) is 3.92. The van der Waals surface area contributed by atoms with E-state index >= 15 is 0 Å². The summed E-state index contributed by atoms with van der Waals surface area (Å²) in [4.78, 5) is 10.6. The molecule has 4 heteroatoms. The molecule has 0 heterocycles. The second-order valence-electron chi connectivity index (χ2n) is 2.75. The maximum absolute atomic E-state index is 10.6. The van der Waals surface area contributed by atoms with Gasteiger partial charge in [-0.2, -0.15) is 0 Å². The zero-order chi connectivity index (χ0) is 10.6. The summed E-state index contributed by atoms with van der Waals surface area (Å²) in [5, 5.41) is 9.12. The molecule has 0 bridgehead atoms. The summed E-state index contributed by atoms with van der Waals surface area (Å²) >= 11 is 5.87. The monoisotopic (exact) mass is 214 g/mol. The molecule has 1 N–H and O–H groups in total. The first-order valence-electron chi connectivity index (χ1n) is 4.24. The molecule has 1 aromatic rings. The standard InChI is InChI=1S/C10H11ClO3/c1-2-14-6-8-4-3-7(10(12)13)5-9(8)11/h3-5H,2,6H2,1H3,(H,12,13). The van der Waals surface area contributed by atoms with Gasteiger partial charge in [-0.05, 0) is 24.6 Å². The number of benzene rings is 1. The van der Waals surface area contributed by atoms with Crippen molar-refractivity contribution < 1.29 is 14.6 Å². The summed E-state index contributed by atoms with van der Waals surface area (Å²) in [5.74, 6) is -0.977. The van der Waals surface area contributed by atoms with Gasteiger partial charge in [-0.15, -0.1) is 0 Å². The molecule has 14 heavy (non-hydrogen) atoms. The Hall–Kier alpha value is -1.06. The van der Waals surface area contributed by atoms with Gasteiger partial charge >= 0.3 is 5.97 Å². The number of aromatic carboxylic acids is 1. The van der Waals surface area contributed by atoms with Gasteiger partial charge in [0.15, 0.2) is 0 Å². The molecule has 1 aromatic carbocycles. The Labute approximate surface area is 87.3 Å². The van der Waals surface area contributed by atoms with E-state index in [4.69, 9.17) is 21.4 Å². The number of rotatable bonds is 4. The minimum atomic E-state index is -0.977. The average Bonchev–Trinajstić information content (AvgIpc) is 2.15. The molecule has 0 radical (unpaired) electrons. The van der Waals surface area contributed by atoms with Crippen molar-refractivity contribution in [1.29, 1.82) is 0 Å². The van der Waals surface area contributed by atoms with Crippen LogP contribution >= 0.6 is 11.6 Å². The second-order valence-corrected chi connectivity index (χ2v) is 3.16. The van der Waals surface area contributed by atoms with Gasteiger partial charge < -0.3 is 9.84 Å². The lowest BCUT2D eigenvalue weighted by molar-refractivity contribution is 0.0696. The number of carboxylic acid groups (broad SMARTS) is 1. The smallest absolute Gasteiger partial charge is 0.335 e. The summed E-state index contributed by atoms with van der Waals surface area (Å²) in [6.07, 6.45) is 0. The van der Waals surface area contributed by atoms with E-state index in [0.29, 0.717) is 18.2 Å². The summed E-state index contributed by atoms with van der Waals surface area (Å²) in [6.45, 7) is 2.91. The summed E-state index contributed by atoms with van der Waals surface area (Å²) in [7, 11) is 0. The van der Waals surface area contributed by atoms with Crippen molar-refractivity contribution in [2.24, 2.45) is 0 Å². The molecule has 0 amide bonds. The first-order chi connectivity index (χ1) is 6.65. The van der Waals surface area contributed by atoms with E-state index in [1.54, 1.807) is 6.07 Å². The highest BCUT2D eigenvalue weighted by Crippen LogP contribution is 2.18. The van der Waals surface area contributed by atoms with Crippen molar-refractivity contribution in [3.8, 4) is 0 Å². The molecule has 0 aliphatic heterocycles. The van der Waals surface area contributed by atoms with Crippen molar-refractivity contribution in [1.82, 2.24) is 0 Å². The number of halogens is 1. The van der Waals surface area contributed by atoms with Crippen LogP contribution in [0.5, 0.6) is 0 Å². The van der Waals surface area contributed by atoms with E-state index in [-0.39, 0.29) is 5.56 Å². The van der Waals surface area contributed by atoms with Crippen LogP contribution in [0.25, 0.3) is 0 Å². The van der Waals surface area contributed by atoms with Crippen LogP contribution in [0.2, 0.25) is 5.02 Å². The Morgan fingerprint density at radius 3 is 2.79 bits per heavy atom. The van der Waals surface area contributed by atoms with Crippen LogP contribution in [0.1, 0.15) is 22.8 Å². The third kappa shape index (κ3) is 2.72. The maximum atomic E-state index is 10.6. The van der Waals surface area contributed by atoms with Gasteiger partial charge in [0.2, 0.25) is 0 Å². The topological polar surface area (TPSA) is 46.5 Å². The molecule has 0 spiro atoms. The van der Waals surface area contributed by atoms with Gasteiger partial charge in [0.1, 0.15) is 0 Å². The van der Waals surface area contributed by atoms with Crippen molar-refractivity contribution in [3.05, 3.63) is 34.3 Å². The van der Waals surface area contributed by atoms with E-state index in [0.717, 1.165) is 5.56 Å². The van der Waals surface area contributed by atoms with E-state index in [1.807, 2.05) is 6.92 Å². The molecule has 0 fully saturated rings. The van der Waals surface area contributed by atoms with Crippen molar-refractivity contribution in [2.75, 3.05) is 6.61 Å². The molecular formula is C10H11ClO3. The van der Waals surface area contributed by atoms with E-state index in [1.165, 1.54) is 12.1 Å². The molecule has 0 aromatic heterocycles. The average molecular weight is 215 g/mol. The van der Waals surface area contributed by atoms with Crippen LogP contribution in [-0.4, -0.2) is 17.7 Å². The van der Waals surface area contributed by atoms with E-state index in [2.05, 4.69) is 0 Å². The first-order valence-corrected chi connectivity index (χ1v) is 4.62. The predicted molar refractivity (Wildman–Crippen MR) is 53.7 cm³/mol. The van der Waals surface area contributed by atoms with E-state index in [9.17, 15) is 4.79 Å². The highest BCUT2D eigenvalue weighted by molar-refractivity contribution is 6.31. The lowest BCUT2D eigenvalue weighted by Crippen LogP contribution is -1.98. The van der Waals surface area contributed by atoms with Gasteiger partial charge in [-0.1, -0.05) is 17.7 Å². The van der Waals surface area contributed by atoms with E-state index < -0.39 is 5.97 Å². The lowest BCUT2D eigenvalue weighted by atomic mass is 10.1. The van der Waals surface area contributed by atoms with Crippen LogP contribution in [0.4, 0.5) is 0 Å². The molecule has 0 saturated heterocycles. The minimum Gasteiger partial charge on any atom is -0.478 e. The molecule has 0 aliphatic carbocycles. The van der Waals surface area contributed by atoms with Crippen molar-refractivity contribution in [3.63, 3.8) is 0 Å². The number of carbonyl (C=O) groups is 1. The van der Waals surface area contributed by atoms with Crippen LogP contribution in [0, 0.1) is 0 Å². The summed E-state index contributed by atoms with van der Waals surface area (Å²) in [6, 6.07) is 4.61. The SMILES string of the molecule is CCOCc1ccc(C(=O)O)cc1Cl. The lowest BCUT2D eigenvalue weighted by Gasteiger charge is -2.04. The third-order valence-electron chi connectivity index (χ3n) is 1.76. The Bertz CT molecular complexity index is 336. The molecule has 0 unspecified atom stereocenters. The molecule has 76 valence electrons. The number of ether oxygens (including phenoxy) is 1. The van der Waals surface area contributed by atoms with Crippen LogP contribution in [0.3, 0.4) is 0 Å². The summed E-state index contributed by atoms with van der Waals surface area (Å²) in [5.41, 5.74) is 0.994. The minimum absolute atomic E-state index is 0.190. The zero-order valence-corrected chi connectivity index (χ0v) is 8.54. The molecule has 1 rings (SSSR count). The van der Waals surface area contributed by atoms with Gasteiger partial charge in [0, 0.05) is 11.6 Å². The Morgan fingerprint density at radius 2 is 2.29 bits per heavy atom. The zero-order valence-electron chi connectivity index (χ0n) is 7.79. The number of hydrogen-bond donors (Lipinski definition) is 1. The Balaban J connectivity index is 2.84. The molecule has 0 saturated carbocycles. The normalized spacial score (nSPS) is 10.1.